The highest BCUT2D eigenvalue weighted by atomic mass is 19.3. The van der Waals surface area contributed by atoms with Crippen LogP contribution in [0.15, 0.2) is 0 Å². The largest absolute Gasteiger partial charge is 0.480 e. The number of carbonyl (C=O) groups is 1. The van der Waals surface area contributed by atoms with Crippen molar-refractivity contribution in [2.75, 3.05) is 6.54 Å². The normalized spacial score (nSPS) is 31.9. The summed E-state index contributed by atoms with van der Waals surface area (Å²) in [7, 11) is -1.49. The Morgan fingerprint density at radius 1 is 1.56 bits per heavy atom. The van der Waals surface area contributed by atoms with Crippen LogP contribution in [0.2, 0.25) is 6.32 Å². The lowest BCUT2D eigenvalue weighted by molar-refractivity contribution is -0.143. The standard InChI is InChI=1S/C10H18BF2NO4/c1-10(3-2-4-11(17)18)6(8(12)13)5-14-7(10)9(15)16/h6-8,14,17-18H,2-5H2,1H3,(H,15,16). The number of hydrogen-bond donors (Lipinski definition) is 4. The number of nitrogens with one attached hydrogen (secondary N) is 1. The molecule has 4 N–H and O–H groups in total. The van der Waals surface area contributed by atoms with E-state index in [0.29, 0.717) is 6.42 Å². The van der Waals surface area contributed by atoms with Crippen LogP contribution >= 0.6 is 0 Å². The van der Waals surface area contributed by atoms with Gasteiger partial charge in [0, 0.05) is 17.9 Å². The Bertz CT molecular complexity index is 306. The average Bonchev–Trinajstić information content (AvgIpc) is 2.55. The van der Waals surface area contributed by atoms with Crippen molar-refractivity contribution in [3.8, 4) is 0 Å². The SMILES string of the molecule is CC1(CCCB(O)O)C(C(=O)O)NCC1C(F)F. The number of halogens is 2. The Balaban J connectivity index is 2.76. The quantitative estimate of drug-likeness (QED) is 0.514. The molecule has 3 atom stereocenters. The van der Waals surface area contributed by atoms with E-state index in [1.54, 1.807) is 0 Å². The second kappa shape index (κ2) is 5.94. The van der Waals surface area contributed by atoms with Gasteiger partial charge in [-0.3, -0.25) is 4.79 Å². The summed E-state index contributed by atoms with van der Waals surface area (Å²) in [5, 5.41) is 29.1. The predicted octanol–water partition coefficient (Wildman–Crippen LogP) is 0.183. The first-order valence-corrected chi connectivity index (χ1v) is 5.89. The van der Waals surface area contributed by atoms with Crippen molar-refractivity contribution in [2.24, 2.45) is 11.3 Å². The van der Waals surface area contributed by atoms with Gasteiger partial charge < -0.3 is 20.5 Å². The summed E-state index contributed by atoms with van der Waals surface area (Å²) in [6, 6.07) is -1.02. The van der Waals surface area contributed by atoms with E-state index in [-0.39, 0.29) is 19.3 Å². The molecule has 0 bridgehead atoms. The fourth-order valence-electron chi connectivity index (χ4n) is 2.67. The fraction of sp³-hybridized carbons (Fsp3) is 0.900. The first kappa shape index (κ1) is 15.3. The molecule has 0 spiro atoms. The smallest absolute Gasteiger partial charge is 0.451 e. The molecule has 1 aliphatic heterocycles. The molecule has 5 nitrogen and oxygen atoms in total. The Morgan fingerprint density at radius 2 is 2.17 bits per heavy atom. The minimum Gasteiger partial charge on any atom is -0.480 e. The van der Waals surface area contributed by atoms with Crippen LogP contribution in [0.4, 0.5) is 8.78 Å². The van der Waals surface area contributed by atoms with Crippen molar-refractivity contribution in [3.05, 3.63) is 0 Å². The van der Waals surface area contributed by atoms with Gasteiger partial charge in [-0.25, -0.2) is 8.78 Å². The minimum absolute atomic E-state index is 0.0349. The first-order valence-electron chi connectivity index (χ1n) is 5.89. The zero-order valence-electron chi connectivity index (χ0n) is 10.1. The van der Waals surface area contributed by atoms with E-state index >= 15 is 0 Å². The lowest BCUT2D eigenvalue weighted by atomic mass is 9.69. The van der Waals surface area contributed by atoms with Crippen molar-refractivity contribution in [3.63, 3.8) is 0 Å². The van der Waals surface area contributed by atoms with E-state index in [1.807, 2.05) is 0 Å². The van der Waals surface area contributed by atoms with Crippen LogP contribution < -0.4 is 5.32 Å². The molecule has 0 aromatic carbocycles. The van der Waals surface area contributed by atoms with Gasteiger partial charge in [-0.2, -0.15) is 0 Å². The van der Waals surface area contributed by atoms with E-state index in [9.17, 15) is 13.6 Å². The monoisotopic (exact) mass is 265 g/mol. The summed E-state index contributed by atoms with van der Waals surface area (Å²) in [5.74, 6) is -2.18. The lowest BCUT2D eigenvalue weighted by Gasteiger charge is -2.33. The van der Waals surface area contributed by atoms with Gasteiger partial charge in [-0.05, 0) is 12.7 Å². The lowest BCUT2D eigenvalue weighted by Crippen LogP contribution is -2.44. The molecule has 0 aromatic rings. The fourth-order valence-corrected chi connectivity index (χ4v) is 2.67. The van der Waals surface area contributed by atoms with Crippen molar-refractivity contribution in [1.82, 2.24) is 5.32 Å². The van der Waals surface area contributed by atoms with Gasteiger partial charge in [0.25, 0.3) is 0 Å². The van der Waals surface area contributed by atoms with Crippen molar-refractivity contribution >= 4 is 13.1 Å². The minimum atomic E-state index is -2.59. The second-order valence-electron chi connectivity index (χ2n) is 5.00. The van der Waals surface area contributed by atoms with E-state index in [1.165, 1.54) is 6.92 Å². The second-order valence-corrected chi connectivity index (χ2v) is 5.00. The summed E-state index contributed by atoms with van der Waals surface area (Å²) >= 11 is 0. The van der Waals surface area contributed by atoms with Gasteiger partial charge in [0.1, 0.15) is 6.04 Å². The molecule has 0 saturated carbocycles. The highest BCUT2D eigenvalue weighted by Gasteiger charge is 2.53. The van der Waals surface area contributed by atoms with Gasteiger partial charge in [0.2, 0.25) is 6.43 Å². The van der Waals surface area contributed by atoms with Crippen LogP contribution in [0, 0.1) is 11.3 Å². The molecular formula is C10H18BF2NO4. The van der Waals surface area contributed by atoms with Gasteiger partial charge in [0.05, 0.1) is 0 Å². The molecule has 1 saturated heterocycles. The molecule has 1 heterocycles. The average molecular weight is 265 g/mol. The summed E-state index contributed by atoms with van der Waals surface area (Å²) in [6.45, 7) is 1.49. The zero-order chi connectivity index (χ0) is 13.9. The molecule has 0 aliphatic carbocycles. The Morgan fingerprint density at radius 3 is 2.61 bits per heavy atom. The van der Waals surface area contributed by atoms with Gasteiger partial charge in [0.15, 0.2) is 0 Å². The summed E-state index contributed by atoms with van der Waals surface area (Å²) in [6.07, 6.45) is -2.03. The van der Waals surface area contributed by atoms with Crippen LogP contribution in [-0.4, -0.2) is 47.3 Å². The molecule has 1 fully saturated rings. The maximum absolute atomic E-state index is 12.9. The molecule has 0 radical (unpaired) electrons. The molecule has 3 unspecified atom stereocenters. The number of carboxylic acid groups (broad SMARTS) is 1. The van der Waals surface area contributed by atoms with Crippen LogP contribution in [0.25, 0.3) is 0 Å². The summed E-state index contributed by atoms with van der Waals surface area (Å²) in [4.78, 5) is 11.1. The maximum atomic E-state index is 12.9. The Hall–Kier alpha value is -0.725. The van der Waals surface area contributed by atoms with Crippen LogP contribution in [0.1, 0.15) is 19.8 Å². The number of aliphatic carboxylic acids is 1. The van der Waals surface area contributed by atoms with Crippen molar-refractivity contribution in [1.29, 1.82) is 0 Å². The molecule has 1 rings (SSSR count). The highest BCUT2D eigenvalue weighted by molar-refractivity contribution is 6.40. The molecule has 1 aliphatic rings. The van der Waals surface area contributed by atoms with Crippen LogP contribution in [0.3, 0.4) is 0 Å². The maximum Gasteiger partial charge on any atom is 0.451 e. The first-order chi connectivity index (χ1) is 8.29. The van der Waals surface area contributed by atoms with E-state index in [0.717, 1.165) is 0 Å². The van der Waals surface area contributed by atoms with Crippen LogP contribution in [0.5, 0.6) is 0 Å². The molecule has 18 heavy (non-hydrogen) atoms. The molecule has 0 aromatic heterocycles. The molecule has 104 valence electrons. The van der Waals surface area contributed by atoms with Gasteiger partial charge >= 0.3 is 13.1 Å². The third-order valence-corrected chi connectivity index (χ3v) is 3.78. The Kier molecular flexibility index (Phi) is 5.06. The summed E-state index contributed by atoms with van der Waals surface area (Å²) < 4.78 is 25.9. The highest BCUT2D eigenvalue weighted by Crippen LogP contribution is 2.44. The molecule has 0 amide bonds. The van der Waals surface area contributed by atoms with Crippen molar-refractivity contribution in [2.45, 2.75) is 38.6 Å². The van der Waals surface area contributed by atoms with Gasteiger partial charge in [-0.1, -0.05) is 13.3 Å². The van der Waals surface area contributed by atoms with E-state index in [2.05, 4.69) is 5.32 Å². The third-order valence-electron chi connectivity index (χ3n) is 3.78. The predicted molar refractivity (Wildman–Crippen MR) is 61.3 cm³/mol. The number of alkyl halides is 2. The molecule has 8 heteroatoms. The van der Waals surface area contributed by atoms with Crippen LogP contribution in [-0.2, 0) is 4.79 Å². The zero-order valence-corrected chi connectivity index (χ0v) is 10.1. The van der Waals surface area contributed by atoms with E-state index < -0.39 is 36.9 Å². The molecular weight excluding hydrogens is 247 g/mol. The Labute approximate surface area is 104 Å². The number of carboxylic acids is 1. The summed E-state index contributed by atoms with van der Waals surface area (Å²) in [5.41, 5.74) is -1.07. The number of rotatable bonds is 6. The van der Waals surface area contributed by atoms with Crippen molar-refractivity contribution < 1.29 is 28.7 Å². The third kappa shape index (κ3) is 3.18. The van der Waals surface area contributed by atoms with Gasteiger partial charge in [-0.15, -0.1) is 0 Å². The number of hydrogen-bond acceptors (Lipinski definition) is 4. The van der Waals surface area contributed by atoms with E-state index in [4.69, 9.17) is 15.2 Å². The topological polar surface area (TPSA) is 89.8 Å².